The van der Waals surface area contributed by atoms with Gasteiger partial charge in [-0.2, -0.15) is 8.78 Å². The van der Waals surface area contributed by atoms with Crippen molar-refractivity contribution in [3.8, 4) is 11.5 Å². The van der Waals surface area contributed by atoms with E-state index in [1.165, 1.54) is 13.2 Å². The van der Waals surface area contributed by atoms with Gasteiger partial charge >= 0.3 is 6.61 Å². The number of rotatable bonds is 11. The van der Waals surface area contributed by atoms with Crippen molar-refractivity contribution >= 4 is 11.9 Å². The van der Waals surface area contributed by atoms with Gasteiger partial charge in [0.15, 0.2) is 5.96 Å². The Labute approximate surface area is 164 Å². The van der Waals surface area contributed by atoms with E-state index < -0.39 is 6.61 Å². The molecule has 0 heterocycles. The second-order valence-electron chi connectivity index (χ2n) is 6.10. The number of benzene rings is 1. The van der Waals surface area contributed by atoms with Crippen LogP contribution in [0, 0.1) is 0 Å². The van der Waals surface area contributed by atoms with E-state index >= 15 is 0 Å². The standard InChI is InChI=1S/C19H30F2N4O3/c1-5-13(3)25-17(26)9-10-23-19(22-6-2)24-12-14-11-15(27-4)7-8-16(14)28-18(20)21/h7-8,11,13,18H,5-6,9-10,12H2,1-4H3,(H,25,26)(H2,22,23,24). The Morgan fingerprint density at radius 2 is 2.00 bits per heavy atom. The Hall–Kier alpha value is -2.58. The second-order valence-corrected chi connectivity index (χ2v) is 6.10. The number of nitrogens with zero attached hydrogens (tertiary/aromatic N) is 1. The third-order valence-electron chi connectivity index (χ3n) is 3.90. The Morgan fingerprint density at radius 1 is 1.25 bits per heavy atom. The molecule has 0 aliphatic heterocycles. The minimum absolute atomic E-state index is 0.0434. The number of aliphatic imine (C=N–C) groups is 1. The highest BCUT2D eigenvalue weighted by molar-refractivity contribution is 5.81. The first-order valence-corrected chi connectivity index (χ1v) is 9.32. The number of guanidine groups is 1. The van der Waals surface area contributed by atoms with Crippen LogP contribution in [0.1, 0.15) is 39.2 Å². The molecule has 158 valence electrons. The molecule has 0 aliphatic rings. The molecule has 0 fully saturated rings. The molecule has 0 spiro atoms. The SMILES string of the molecule is CCNC(=NCc1cc(OC)ccc1OC(F)F)NCCC(=O)NC(C)CC. The summed E-state index contributed by atoms with van der Waals surface area (Å²) in [5.41, 5.74) is 0.464. The fraction of sp³-hybridized carbons (Fsp3) is 0.579. The molecule has 1 aromatic rings. The van der Waals surface area contributed by atoms with Crippen LogP contribution in [0.3, 0.4) is 0 Å². The zero-order chi connectivity index (χ0) is 20.9. The van der Waals surface area contributed by atoms with Crippen LogP contribution in [-0.4, -0.2) is 44.7 Å². The molecular formula is C19H30F2N4O3. The highest BCUT2D eigenvalue weighted by atomic mass is 19.3. The number of methoxy groups -OCH3 is 1. The Kier molecular flexibility index (Phi) is 10.7. The van der Waals surface area contributed by atoms with Crippen molar-refractivity contribution in [2.24, 2.45) is 4.99 Å². The molecule has 0 saturated carbocycles. The number of amides is 1. The average molecular weight is 400 g/mol. The van der Waals surface area contributed by atoms with Gasteiger partial charge in [-0.1, -0.05) is 6.92 Å². The van der Waals surface area contributed by atoms with Crippen LogP contribution in [-0.2, 0) is 11.3 Å². The van der Waals surface area contributed by atoms with Crippen molar-refractivity contribution in [2.45, 2.75) is 52.8 Å². The number of alkyl halides is 2. The van der Waals surface area contributed by atoms with Gasteiger partial charge in [-0.3, -0.25) is 4.79 Å². The lowest BCUT2D eigenvalue weighted by Crippen LogP contribution is -2.40. The molecule has 0 radical (unpaired) electrons. The van der Waals surface area contributed by atoms with E-state index in [1.807, 2.05) is 20.8 Å². The Morgan fingerprint density at radius 3 is 2.61 bits per heavy atom. The van der Waals surface area contributed by atoms with Crippen LogP contribution < -0.4 is 25.4 Å². The molecule has 3 N–H and O–H groups in total. The first-order valence-electron chi connectivity index (χ1n) is 9.32. The third kappa shape index (κ3) is 8.88. The van der Waals surface area contributed by atoms with Gasteiger partial charge in [0.2, 0.25) is 5.91 Å². The molecule has 1 aromatic carbocycles. The molecule has 0 saturated heterocycles. The van der Waals surface area contributed by atoms with Gasteiger partial charge in [0.25, 0.3) is 0 Å². The third-order valence-corrected chi connectivity index (χ3v) is 3.90. The van der Waals surface area contributed by atoms with Crippen molar-refractivity contribution in [3.05, 3.63) is 23.8 Å². The minimum Gasteiger partial charge on any atom is -0.497 e. The lowest BCUT2D eigenvalue weighted by molar-refractivity contribution is -0.121. The monoisotopic (exact) mass is 400 g/mol. The number of ether oxygens (including phenoxy) is 2. The maximum absolute atomic E-state index is 12.6. The number of carbonyl (C=O) groups excluding carboxylic acids is 1. The smallest absolute Gasteiger partial charge is 0.387 e. The molecule has 0 bridgehead atoms. The van der Waals surface area contributed by atoms with E-state index in [9.17, 15) is 13.6 Å². The molecule has 0 aromatic heterocycles. The normalized spacial score (nSPS) is 12.5. The molecule has 1 atom stereocenters. The summed E-state index contributed by atoms with van der Waals surface area (Å²) in [6.07, 6.45) is 1.17. The predicted octanol–water partition coefficient (Wildman–Crippen LogP) is 2.66. The van der Waals surface area contributed by atoms with Crippen molar-refractivity contribution in [2.75, 3.05) is 20.2 Å². The van der Waals surface area contributed by atoms with Crippen molar-refractivity contribution in [3.63, 3.8) is 0 Å². The van der Waals surface area contributed by atoms with Crippen molar-refractivity contribution < 1.29 is 23.0 Å². The summed E-state index contributed by atoms with van der Waals surface area (Å²) in [4.78, 5) is 16.2. The first-order chi connectivity index (χ1) is 13.4. The lowest BCUT2D eigenvalue weighted by atomic mass is 10.2. The van der Waals surface area contributed by atoms with Crippen molar-refractivity contribution in [1.29, 1.82) is 0 Å². The number of hydrogen-bond donors (Lipinski definition) is 3. The molecule has 28 heavy (non-hydrogen) atoms. The molecule has 9 heteroatoms. The van der Waals surface area contributed by atoms with E-state index in [0.717, 1.165) is 6.42 Å². The molecule has 7 nitrogen and oxygen atoms in total. The van der Waals surface area contributed by atoms with Crippen LogP contribution in [0.15, 0.2) is 23.2 Å². The van der Waals surface area contributed by atoms with Crippen LogP contribution in [0.25, 0.3) is 0 Å². The molecule has 0 aliphatic carbocycles. The fourth-order valence-corrected chi connectivity index (χ4v) is 2.27. The highest BCUT2D eigenvalue weighted by Crippen LogP contribution is 2.26. The maximum Gasteiger partial charge on any atom is 0.387 e. The summed E-state index contributed by atoms with van der Waals surface area (Å²) in [6.45, 7) is 4.05. The van der Waals surface area contributed by atoms with E-state index in [0.29, 0.717) is 36.8 Å². The van der Waals surface area contributed by atoms with E-state index in [4.69, 9.17) is 4.74 Å². The van der Waals surface area contributed by atoms with Crippen LogP contribution >= 0.6 is 0 Å². The summed E-state index contributed by atoms with van der Waals surface area (Å²) in [5, 5.41) is 9.00. The zero-order valence-corrected chi connectivity index (χ0v) is 16.9. The minimum atomic E-state index is -2.92. The summed E-state index contributed by atoms with van der Waals surface area (Å²) >= 11 is 0. The second kappa shape index (κ2) is 12.7. The predicted molar refractivity (Wildman–Crippen MR) is 105 cm³/mol. The van der Waals surface area contributed by atoms with Crippen LogP contribution in [0.5, 0.6) is 11.5 Å². The van der Waals surface area contributed by atoms with Gasteiger partial charge in [-0.15, -0.1) is 0 Å². The zero-order valence-electron chi connectivity index (χ0n) is 16.9. The van der Waals surface area contributed by atoms with Gasteiger partial charge in [0, 0.05) is 31.1 Å². The average Bonchev–Trinajstić information content (AvgIpc) is 2.66. The molecule has 1 rings (SSSR count). The van der Waals surface area contributed by atoms with Gasteiger partial charge in [0.1, 0.15) is 11.5 Å². The number of hydrogen-bond acceptors (Lipinski definition) is 4. The quantitative estimate of drug-likeness (QED) is 0.393. The number of halogens is 2. The molecular weight excluding hydrogens is 370 g/mol. The van der Waals surface area contributed by atoms with Crippen LogP contribution in [0.2, 0.25) is 0 Å². The fourth-order valence-electron chi connectivity index (χ4n) is 2.27. The maximum atomic E-state index is 12.6. The first kappa shape index (κ1) is 23.5. The van der Waals surface area contributed by atoms with E-state index in [2.05, 4.69) is 25.7 Å². The van der Waals surface area contributed by atoms with Gasteiger partial charge in [-0.25, -0.2) is 4.99 Å². The van der Waals surface area contributed by atoms with Gasteiger partial charge in [-0.05, 0) is 38.5 Å². The Bertz CT molecular complexity index is 642. The topological polar surface area (TPSA) is 84.0 Å². The Balaban J connectivity index is 2.74. The number of carbonyl (C=O) groups is 1. The van der Waals surface area contributed by atoms with Gasteiger partial charge < -0.3 is 25.4 Å². The molecule has 1 unspecified atom stereocenters. The molecule has 1 amide bonds. The summed E-state index contributed by atoms with van der Waals surface area (Å²) in [7, 11) is 1.49. The van der Waals surface area contributed by atoms with Gasteiger partial charge in [0.05, 0.1) is 13.7 Å². The van der Waals surface area contributed by atoms with E-state index in [-0.39, 0.29) is 24.2 Å². The summed E-state index contributed by atoms with van der Waals surface area (Å²) in [6, 6.07) is 4.71. The van der Waals surface area contributed by atoms with Crippen LogP contribution in [0.4, 0.5) is 8.78 Å². The van der Waals surface area contributed by atoms with Crippen molar-refractivity contribution in [1.82, 2.24) is 16.0 Å². The lowest BCUT2D eigenvalue weighted by Gasteiger charge is -2.14. The largest absolute Gasteiger partial charge is 0.497 e. The summed E-state index contributed by atoms with van der Waals surface area (Å²) < 4.78 is 34.9. The van der Waals surface area contributed by atoms with E-state index in [1.54, 1.807) is 12.1 Å². The summed E-state index contributed by atoms with van der Waals surface area (Å²) in [5.74, 6) is 0.998. The highest BCUT2D eigenvalue weighted by Gasteiger charge is 2.11. The number of nitrogens with one attached hydrogen (secondary N) is 3.